The standard InChI is InChI=1S/C39H75N3O2S/c1-4-7-10-13-17-22-28-37(29-23-18-14-11-8-5-2)44-38(43)30-24-19-16-21-26-34-42(33-25-20-15-12-9-6-3)35-27-31-40-39-41-32-36-45-39/h32,36-37H,4-31,33-35H2,1-3H3,(H,40,41). The predicted molar refractivity (Wildman–Crippen MR) is 199 cm³/mol. The van der Waals surface area contributed by atoms with E-state index in [2.05, 4.69) is 36.0 Å². The van der Waals surface area contributed by atoms with Gasteiger partial charge in [-0.15, -0.1) is 11.3 Å². The molecule has 0 amide bonds. The first-order chi connectivity index (χ1) is 22.2. The molecule has 1 aromatic rings. The molecule has 0 radical (unpaired) electrons. The largest absolute Gasteiger partial charge is 0.462 e. The van der Waals surface area contributed by atoms with Gasteiger partial charge in [0.1, 0.15) is 6.10 Å². The Morgan fingerprint density at radius 3 is 1.64 bits per heavy atom. The maximum atomic E-state index is 12.7. The van der Waals surface area contributed by atoms with Crippen molar-refractivity contribution in [1.82, 2.24) is 9.88 Å². The molecule has 0 aromatic carbocycles. The zero-order valence-electron chi connectivity index (χ0n) is 30.3. The molecule has 0 aliphatic heterocycles. The number of esters is 1. The number of aromatic nitrogens is 1. The lowest BCUT2D eigenvalue weighted by molar-refractivity contribution is -0.150. The predicted octanol–water partition coefficient (Wildman–Crippen LogP) is 12.4. The van der Waals surface area contributed by atoms with E-state index in [1.165, 1.54) is 148 Å². The molecule has 0 bridgehead atoms. The Kier molecular flexibility index (Phi) is 30.5. The minimum absolute atomic E-state index is 0.0495. The highest BCUT2D eigenvalue weighted by molar-refractivity contribution is 7.13. The fourth-order valence-corrected chi connectivity index (χ4v) is 6.76. The number of rotatable bonds is 35. The van der Waals surface area contributed by atoms with Crippen molar-refractivity contribution in [3.63, 3.8) is 0 Å². The average molecular weight is 650 g/mol. The average Bonchev–Trinajstić information content (AvgIpc) is 3.57. The van der Waals surface area contributed by atoms with E-state index < -0.39 is 0 Å². The first kappa shape index (κ1) is 41.9. The van der Waals surface area contributed by atoms with Gasteiger partial charge in [0.05, 0.1) is 0 Å². The van der Waals surface area contributed by atoms with E-state index in [1.807, 2.05) is 11.6 Å². The van der Waals surface area contributed by atoms with Gasteiger partial charge in [0.15, 0.2) is 5.13 Å². The number of hydrogen-bond donors (Lipinski definition) is 1. The highest BCUT2D eigenvalue weighted by Crippen LogP contribution is 2.18. The minimum Gasteiger partial charge on any atom is -0.462 e. The Bertz CT molecular complexity index is 714. The SMILES string of the molecule is CCCCCCCCC(CCCCCCCC)OC(=O)CCCCCCCN(CCCCCCCC)CCCNc1nccs1. The van der Waals surface area contributed by atoms with Crippen molar-refractivity contribution < 1.29 is 9.53 Å². The van der Waals surface area contributed by atoms with Gasteiger partial charge < -0.3 is 15.0 Å². The highest BCUT2D eigenvalue weighted by atomic mass is 32.1. The molecule has 1 N–H and O–H groups in total. The van der Waals surface area contributed by atoms with Crippen molar-refractivity contribution >= 4 is 22.4 Å². The maximum absolute atomic E-state index is 12.7. The van der Waals surface area contributed by atoms with E-state index in [4.69, 9.17) is 4.74 Å². The van der Waals surface area contributed by atoms with Crippen LogP contribution in [-0.4, -0.2) is 48.1 Å². The lowest BCUT2D eigenvalue weighted by atomic mass is 10.0. The third-order valence-electron chi connectivity index (χ3n) is 9.10. The molecule has 45 heavy (non-hydrogen) atoms. The van der Waals surface area contributed by atoms with E-state index in [-0.39, 0.29) is 12.1 Å². The van der Waals surface area contributed by atoms with Crippen molar-refractivity contribution in [3.05, 3.63) is 11.6 Å². The van der Waals surface area contributed by atoms with Crippen LogP contribution < -0.4 is 5.32 Å². The summed E-state index contributed by atoms with van der Waals surface area (Å²) in [7, 11) is 0. The molecule has 0 aliphatic carbocycles. The highest BCUT2D eigenvalue weighted by Gasteiger charge is 2.14. The number of hydrogen-bond acceptors (Lipinski definition) is 6. The summed E-state index contributed by atoms with van der Waals surface area (Å²) in [5.74, 6) is 0.0495. The molecule has 0 fully saturated rings. The number of nitrogens with one attached hydrogen (secondary N) is 1. The Hall–Kier alpha value is -1.14. The van der Waals surface area contributed by atoms with Crippen LogP contribution >= 0.6 is 11.3 Å². The number of thiazole rings is 1. The monoisotopic (exact) mass is 650 g/mol. The van der Waals surface area contributed by atoms with Gasteiger partial charge in [-0.05, 0) is 71.0 Å². The topological polar surface area (TPSA) is 54.5 Å². The molecule has 0 atom stereocenters. The summed E-state index contributed by atoms with van der Waals surface area (Å²) in [5.41, 5.74) is 0. The summed E-state index contributed by atoms with van der Waals surface area (Å²) in [5, 5.41) is 6.53. The minimum atomic E-state index is 0.0495. The molecule has 5 nitrogen and oxygen atoms in total. The van der Waals surface area contributed by atoms with Gasteiger partial charge in [0.25, 0.3) is 0 Å². The van der Waals surface area contributed by atoms with Crippen molar-refractivity contribution in [1.29, 1.82) is 0 Å². The van der Waals surface area contributed by atoms with Crippen LogP contribution in [0.4, 0.5) is 5.13 Å². The molecule has 0 saturated carbocycles. The second kappa shape index (κ2) is 32.8. The zero-order valence-corrected chi connectivity index (χ0v) is 31.1. The summed E-state index contributed by atoms with van der Waals surface area (Å²) in [6, 6.07) is 0. The van der Waals surface area contributed by atoms with Gasteiger partial charge in [0, 0.05) is 24.5 Å². The van der Waals surface area contributed by atoms with Gasteiger partial charge in [-0.1, -0.05) is 136 Å². The Morgan fingerprint density at radius 2 is 1.13 bits per heavy atom. The quantitative estimate of drug-likeness (QED) is 0.0586. The third-order valence-corrected chi connectivity index (χ3v) is 9.83. The molecular weight excluding hydrogens is 575 g/mol. The second-order valence-corrected chi connectivity index (χ2v) is 14.4. The normalized spacial score (nSPS) is 11.6. The van der Waals surface area contributed by atoms with E-state index in [9.17, 15) is 4.79 Å². The molecule has 1 rings (SSSR count). The second-order valence-electron chi connectivity index (χ2n) is 13.5. The molecular formula is C39H75N3O2S. The number of anilines is 1. The Morgan fingerprint density at radius 1 is 0.667 bits per heavy atom. The van der Waals surface area contributed by atoms with Crippen LogP contribution in [0.25, 0.3) is 0 Å². The summed E-state index contributed by atoms with van der Waals surface area (Å²) >= 11 is 1.68. The number of ether oxygens (including phenoxy) is 1. The van der Waals surface area contributed by atoms with E-state index >= 15 is 0 Å². The Labute approximate surface area is 284 Å². The van der Waals surface area contributed by atoms with Gasteiger partial charge in [-0.3, -0.25) is 4.79 Å². The number of carbonyl (C=O) groups is 1. The van der Waals surface area contributed by atoms with E-state index in [0.717, 1.165) is 50.3 Å². The summed E-state index contributed by atoms with van der Waals surface area (Å²) in [6.07, 6.45) is 35.5. The summed E-state index contributed by atoms with van der Waals surface area (Å²) in [4.78, 5) is 19.8. The van der Waals surface area contributed by atoms with Crippen LogP contribution in [0.2, 0.25) is 0 Å². The van der Waals surface area contributed by atoms with Crippen LogP contribution in [-0.2, 0) is 9.53 Å². The van der Waals surface area contributed by atoms with Gasteiger partial charge in [-0.25, -0.2) is 4.98 Å². The molecule has 1 heterocycles. The first-order valence-electron chi connectivity index (χ1n) is 19.7. The van der Waals surface area contributed by atoms with Crippen LogP contribution in [0.5, 0.6) is 0 Å². The van der Waals surface area contributed by atoms with Crippen LogP contribution in [0.3, 0.4) is 0 Å². The van der Waals surface area contributed by atoms with Gasteiger partial charge in [0.2, 0.25) is 0 Å². The Balaban J connectivity index is 2.25. The molecule has 1 aromatic heterocycles. The molecule has 0 saturated heterocycles. The smallest absolute Gasteiger partial charge is 0.306 e. The molecule has 264 valence electrons. The van der Waals surface area contributed by atoms with Gasteiger partial charge >= 0.3 is 5.97 Å². The fourth-order valence-electron chi connectivity index (χ4n) is 6.21. The van der Waals surface area contributed by atoms with Crippen molar-refractivity contribution in [2.45, 2.75) is 200 Å². The first-order valence-corrected chi connectivity index (χ1v) is 20.6. The van der Waals surface area contributed by atoms with Gasteiger partial charge in [-0.2, -0.15) is 0 Å². The molecule has 0 spiro atoms. The third kappa shape index (κ3) is 27.7. The number of unbranched alkanes of at least 4 members (excludes halogenated alkanes) is 19. The maximum Gasteiger partial charge on any atom is 0.306 e. The van der Waals surface area contributed by atoms with E-state index in [1.54, 1.807) is 11.3 Å². The fraction of sp³-hybridized carbons (Fsp3) is 0.897. The molecule has 6 heteroatoms. The lowest BCUT2D eigenvalue weighted by Crippen LogP contribution is -2.28. The van der Waals surface area contributed by atoms with Crippen molar-refractivity contribution in [2.75, 3.05) is 31.5 Å². The number of carbonyl (C=O) groups excluding carboxylic acids is 1. The zero-order chi connectivity index (χ0) is 32.5. The van der Waals surface area contributed by atoms with Crippen molar-refractivity contribution in [2.24, 2.45) is 0 Å². The molecule has 0 aliphatic rings. The lowest BCUT2D eigenvalue weighted by Gasteiger charge is -2.22. The van der Waals surface area contributed by atoms with Crippen LogP contribution in [0.1, 0.15) is 194 Å². The molecule has 0 unspecified atom stereocenters. The van der Waals surface area contributed by atoms with Crippen molar-refractivity contribution in [3.8, 4) is 0 Å². The summed E-state index contributed by atoms with van der Waals surface area (Å²) < 4.78 is 6.05. The summed E-state index contributed by atoms with van der Waals surface area (Å²) in [6.45, 7) is 11.4. The number of nitrogens with zero attached hydrogens (tertiary/aromatic N) is 2. The van der Waals surface area contributed by atoms with E-state index in [0.29, 0.717) is 6.42 Å². The van der Waals surface area contributed by atoms with Crippen LogP contribution in [0, 0.1) is 0 Å². The van der Waals surface area contributed by atoms with Crippen LogP contribution in [0.15, 0.2) is 11.6 Å².